The van der Waals surface area contributed by atoms with Crippen LogP contribution in [0.4, 0.5) is 0 Å². The van der Waals surface area contributed by atoms with E-state index in [-0.39, 0.29) is 17.9 Å². The van der Waals surface area contributed by atoms with Crippen molar-refractivity contribution in [1.82, 2.24) is 20.1 Å². The van der Waals surface area contributed by atoms with Crippen molar-refractivity contribution in [3.05, 3.63) is 83.9 Å². The van der Waals surface area contributed by atoms with Crippen LogP contribution < -0.4 is 5.32 Å². The number of hydrogen-bond donors (Lipinski definition) is 1. The Kier molecular flexibility index (Phi) is 4.52. The van der Waals surface area contributed by atoms with Gasteiger partial charge in [-0.2, -0.15) is 5.10 Å². The Morgan fingerprint density at radius 3 is 2.69 bits per heavy atom. The quantitative estimate of drug-likeness (QED) is 0.745. The molecule has 5 heteroatoms. The highest BCUT2D eigenvalue weighted by Gasteiger charge is 2.44. The first-order chi connectivity index (χ1) is 12.7. The van der Waals surface area contributed by atoms with Crippen LogP contribution in [0.15, 0.2) is 67.3 Å². The second-order valence-electron chi connectivity index (χ2n) is 6.89. The minimum atomic E-state index is -0.122. The van der Waals surface area contributed by atoms with Crippen molar-refractivity contribution in [3.8, 4) is 0 Å². The number of nitrogens with zero attached hydrogens (tertiary/aromatic N) is 3. The van der Waals surface area contributed by atoms with Gasteiger partial charge in [0.25, 0.3) is 0 Å². The summed E-state index contributed by atoms with van der Waals surface area (Å²) in [6.07, 6.45) is 4.11. The van der Waals surface area contributed by atoms with Gasteiger partial charge in [0.05, 0.1) is 12.6 Å². The van der Waals surface area contributed by atoms with Crippen LogP contribution in [0.3, 0.4) is 0 Å². The van der Waals surface area contributed by atoms with E-state index in [4.69, 9.17) is 0 Å². The molecule has 3 atom stereocenters. The number of benzene rings is 2. The molecule has 1 N–H and O–H groups in total. The lowest BCUT2D eigenvalue weighted by Gasteiger charge is -2.19. The standard InChI is InChI=1S/C21H22N4O/c1-15-7-5-6-10-17(15)18-11-19(18)21(26)24-20(12-25-14-22-13-23-25)16-8-3-2-4-9-16/h2-10,13-14,18-20H,11-12H2,1H3,(H,24,26). The molecule has 0 bridgehead atoms. The fraction of sp³-hybridized carbons (Fsp3) is 0.286. The van der Waals surface area contributed by atoms with Crippen LogP contribution >= 0.6 is 0 Å². The second kappa shape index (κ2) is 7.12. The van der Waals surface area contributed by atoms with Gasteiger partial charge in [-0.15, -0.1) is 0 Å². The maximum Gasteiger partial charge on any atom is 0.224 e. The molecule has 1 aliphatic rings. The van der Waals surface area contributed by atoms with Crippen LogP contribution in [0.2, 0.25) is 0 Å². The summed E-state index contributed by atoms with van der Waals surface area (Å²) in [6, 6.07) is 18.2. The predicted molar refractivity (Wildman–Crippen MR) is 99.4 cm³/mol. The zero-order chi connectivity index (χ0) is 17.9. The number of hydrogen-bond acceptors (Lipinski definition) is 3. The lowest BCUT2D eigenvalue weighted by Crippen LogP contribution is -2.33. The number of aromatic nitrogens is 3. The second-order valence-corrected chi connectivity index (χ2v) is 6.89. The highest BCUT2D eigenvalue weighted by atomic mass is 16.2. The molecule has 5 nitrogen and oxygen atoms in total. The monoisotopic (exact) mass is 346 g/mol. The fourth-order valence-corrected chi connectivity index (χ4v) is 3.54. The topological polar surface area (TPSA) is 59.8 Å². The van der Waals surface area contributed by atoms with Gasteiger partial charge in [-0.3, -0.25) is 9.48 Å². The maximum absolute atomic E-state index is 12.9. The van der Waals surface area contributed by atoms with E-state index in [1.54, 1.807) is 11.0 Å². The highest BCUT2D eigenvalue weighted by molar-refractivity contribution is 5.83. The lowest BCUT2D eigenvalue weighted by atomic mass is 10.0. The van der Waals surface area contributed by atoms with E-state index in [2.05, 4.69) is 34.5 Å². The Balaban J connectivity index is 1.48. The summed E-state index contributed by atoms with van der Waals surface area (Å²) >= 11 is 0. The summed E-state index contributed by atoms with van der Waals surface area (Å²) in [7, 11) is 0. The molecule has 1 aliphatic carbocycles. The van der Waals surface area contributed by atoms with E-state index >= 15 is 0 Å². The minimum absolute atomic E-state index is 0.0538. The smallest absolute Gasteiger partial charge is 0.224 e. The average molecular weight is 346 g/mol. The molecule has 132 valence electrons. The van der Waals surface area contributed by atoms with E-state index in [1.807, 2.05) is 42.5 Å². The minimum Gasteiger partial charge on any atom is -0.347 e. The summed E-state index contributed by atoms with van der Waals surface area (Å²) < 4.78 is 1.75. The molecular weight excluding hydrogens is 324 g/mol. The van der Waals surface area contributed by atoms with E-state index in [0.29, 0.717) is 12.5 Å². The summed E-state index contributed by atoms with van der Waals surface area (Å²) in [4.78, 5) is 16.9. The molecule has 0 aliphatic heterocycles. The maximum atomic E-state index is 12.9. The number of carbonyl (C=O) groups excluding carboxylic acids is 1. The third-order valence-electron chi connectivity index (χ3n) is 5.07. The molecule has 0 radical (unpaired) electrons. The predicted octanol–water partition coefficient (Wildman–Crippen LogP) is 3.25. The highest BCUT2D eigenvalue weighted by Crippen LogP contribution is 2.48. The summed E-state index contributed by atoms with van der Waals surface area (Å²) in [5.41, 5.74) is 3.62. The van der Waals surface area contributed by atoms with Crippen LogP contribution in [0, 0.1) is 12.8 Å². The zero-order valence-electron chi connectivity index (χ0n) is 14.7. The molecule has 1 heterocycles. The van der Waals surface area contributed by atoms with E-state index in [0.717, 1.165) is 12.0 Å². The number of nitrogens with one attached hydrogen (secondary N) is 1. The molecule has 26 heavy (non-hydrogen) atoms. The number of carbonyl (C=O) groups is 1. The number of amides is 1. The van der Waals surface area contributed by atoms with Crippen LogP contribution in [0.1, 0.15) is 35.1 Å². The Morgan fingerprint density at radius 1 is 1.19 bits per heavy atom. The Morgan fingerprint density at radius 2 is 1.96 bits per heavy atom. The van der Waals surface area contributed by atoms with Gasteiger partial charge in [-0.1, -0.05) is 54.6 Å². The Bertz CT molecular complexity index is 876. The van der Waals surface area contributed by atoms with Crippen LogP contribution in [0.25, 0.3) is 0 Å². The van der Waals surface area contributed by atoms with Gasteiger partial charge in [-0.05, 0) is 36.0 Å². The average Bonchev–Trinajstić information content (AvgIpc) is 3.30. The van der Waals surface area contributed by atoms with Crippen LogP contribution in [-0.2, 0) is 11.3 Å². The largest absolute Gasteiger partial charge is 0.347 e. The van der Waals surface area contributed by atoms with Crippen LogP contribution in [0.5, 0.6) is 0 Å². The van der Waals surface area contributed by atoms with Crippen molar-refractivity contribution in [2.24, 2.45) is 5.92 Å². The third kappa shape index (κ3) is 3.52. The number of rotatable bonds is 6. The third-order valence-corrected chi connectivity index (χ3v) is 5.07. The lowest BCUT2D eigenvalue weighted by molar-refractivity contribution is -0.123. The summed E-state index contributed by atoms with van der Waals surface area (Å²) in [5, 5.41) is 7.40. The molecule has 0 spiro atoms. The first-order valence-corrected chi connectivity index (χ1v) is 8.95. The molecule has 1 fully saturated rings. The van der Waals surface area contributed by atoms with Crippen molar-refractivity contribution < 1.29 is 4.79 Å². The molecule has 1 saturated carbocycles. The van der Waals surface area contributed by atoms with Crippen molar-refractivity contribution >= 4 is 5.91 Å². The molecule has 4 rings (SSSR count). The molecule has 2 aromatic carbocycles. The summed E-state index contributed by atoms with van der Waals surface area (Å²) in [6.45, 7) is 2.68. The van der Waals surface area contributed by atoms with E-state index in [1.165, 1.54) is 17.5 Å². The normalized spacial score (nSPS) is 19.7. The fourth-order valence-electron chi connectivity index (χ4n) is 3.54. The van der Waals surface area contributed by atoms with Crippen LogP contribution in [-0.4, -0.2) is 20.7 Å². The molecule has 1 amide bonds. The molecule has 3 unspecified atom stereocenters. The van der Waals surface area contributed by atoms with Gasteiger partial charge in [0, 0.05) is 5.92 Å². The SMILES string of the molecule is Cc1ccccc1C1CC1C(=O)NC(Cn1cncn1)c1ccccc1. The van der Waals surface area contributed by atoms with E-state index < -0.39 is 0 Å². The van der Waals surface area contributed by atoms with Gasteiger partial charge in [0.15, 0.2) is 0 Å². The zero-order valence-corrected chi connectivity index (χ0v) is 14.7. The molecule has 1 aromatic heterocycles. The Hall–Kier alpha value is -2.95. The van der Waals surface area contributed by atoms with E-state index in [9.17, 15) is 4.79 Å². The Labute approximate surface area is 153 Å². The summed E-state index contributed by atoms with van der Waals surface area (Å²) in [5.74, 6) is 0.504. The van der Waals surface area contributed by atoms with Crippen molar-refractivity contribution in [2.45, 2.75) is 31.8 Å². The first kappa shape index (κ1) is 16.5. The molecule has 0 saturated heterocycles. The van der Waals surface area contributed by atoms with Gasteiger partial charge in [0.2, 0.25) is 5.91 Å². The molecular formula is C21H22N4O. The van der Waals surface area contributed by atoms with Gasteiger partial charge in [0.1, 0.15) is 12.7 Å². The number of aryl methyl sites for hydroxylation is 1. The van der Waals surface area contributed by atoms with Gasteiger partial charge >= 0.3 is 0 Å². The molecule has 3 aromatic rings. The first-order valence-electron chi connectivity index (χ1n) is 8.95. The van der Waals surface area contributed by atoms with Crippen molar-refractivity contribution in [2.75, 3.05) is 0 Å². The van der Waals surface area contributed by atoms with Crippen molar-refractivity contribution in [1.29, 1.82) is 0 Å². The van der Waals surface area contributed by atoms with Crippen molar-refractivity contribution in [3.63, 3.8) is 0 Å². The van der Waals surface area contributed by atoms with Gasteiger partial charge < -0.3 is 5.32 Å². The van der Waals surface area contributed by atoms with Gasteiger partial charge in [-0.25, -0.2) is 4.98 Å².